The van der Waals surface area contributed by atoms with Gasteiger partial charge in [0.2, 0.25) is 0 Å². The van der Waals surface area contributed by atoms with E-state index in [1.807, 2.05) is 27.7 Å². The summed E-state index contributed by atoms with van der Waals surface area (Å²) in [6.45, 7) is 7.47. The molecule has 0 aromatic rings. The van der Waals surface area contributed by atoms with Crippen molar-refractivity contribution in [3.63, 3.8) is 0 Å². The van der Waals surface area contributed by atoms with Gasteiger partial charge in [0.25, 0.3) is 0 Å². The van der Waals surface area contributed by atoms with Gasteiger partial charge in [0.1, 0.15) is 0 Å². The van der Waals surface area contributed by atoms with E-state index in [-0.39, 0.29) is 18.7 Å². The number of hydrogen-bond acceptors (Lipinski definition) is 2. The number of carbonyl (C=O) groups excluding carboxylic acids is 1. The van der Waals surface area contributed by atoms with E-state index in [2.05, 4.69) is 10.6 Å². The van der Waals surface area contributed by atoms with E-state index in [9.17, 15) is 4.79 Å². The number of carbonyl (C=O) groups is 1. The second kappa shape index (κ2) is 5.07. The van der Waals surface area contributed by atoms with E-state index in [4.69, 9.17) is 5.11 Å². The Balaban J connectivity index is 4.02. The van der Waals surface area contributed by atoms with Crippen molar-refractivity contribution in [2.45, 2.75) is 45.7 Å². The van der Waals surface area contributed by atoms with Crippen LogP contribution in [0.4, 0.5) is 4.79 Å². The predicted molar refractivity (Wildman–Crippen MR) is 52.6 cm³/mol. The van der Waals surface area contributed by atoms with Gasteiger partial charge in [0, 0.05) is 6.04 Å². The van der Waals surface area contributed by atoms with Gasteiger partial charge in [-0.25, -0.2) is 4.79 Å². The summed E-state index contributed by atoms with van der Waals surface area (Å²) < 4.78 is 0. The summed E-state index contributed by atoms with van der Waals surface area (Å²) in [6.07, 6.45) is 0.703. The number of hydrogen-bond donors (Lipinski definition) is 3. The number of urea groups is 1. The average molecular weight is 188 g/mol. The third-order valence-corrected chi connectivity index (χ3v) is 1.96. The lowest BCUT2D eigenvalue weighted by Crippen LogP contribution is -2.53. The molecule has 0 aliphatic rings. The van der Waals surface area contributed by atoms with Crippen molar-refractivity contribution >= 4 is 6.03 Å². The van der Waals surface area contributed by atoms with E-state index in [1.165, 1.54) is 0 Å². The first-order valence-corrected chi connectivity index (χ1v) is 4.63. The summed E-state index contributed by atoms with van der Waals surface area (Å²) in [5, 5.41) is 14.5. The zero-order chi connectivity index (χ0) is 10.5. The number of aliphatic hydroxyl groups excluding tert-OH is 1. The molecule has 0 aromatic heterocycles. The van der Waals surface area contributed by atoms with Crippen LogP contribution in [0, 0.1) is 0 Å². The van der Waals surface area contributed by atoms with E-state index in [1.54, 1.807) is 0 Å². The second-order valence-electron chi connectivity index (χ2n) is 3.83. The molecule has 0 fully saturated rings. The molecule has 1 unspecified atom stereocenters. The zero-order valence-corrected chi connectivity index (χ0v) is 8.85. The molecule has 4 nitrogen and oxygen atoms in total. The average Bonchev–Trinajstić information content (AvgIpc) is 2.02. The molecule has 4 heteroatoms. The quantitative estimate of drug-likeness (QED) is 0.612. The van der Waals surface area contributed by atoms with Gasteiger partial charge in [-0.3, -0.25) is 0 Å². The van der Waals surface area contributed by atoms with Crippen molar-refractivity contribution in [3.8, 4) is 0 Å². The Morgan fingerprint density at radius 3 is 2.38 bits per heavy atom. The molecule has 0 heterocycles. The van der Waals surface area contributed by atoms with Gasteiger partial charge < -0.3 is 15.7 Å². The van der Waals surface area contributed by atoms with Crippen LogP contribution in [-0.4, -0.2) is 29.3 Å². The number of aliphatic hydroxyl groups is 1. The zero-order valence-electron chi connectivity index (χ0n) is 8.85. The van der Waals surface area contributed by atoms with Crippen LogP contribution in [0.5, 0.6) is 0 Å². The monoisotopic (exact) mass is 188 g/mol. The summed E-state index contributed by atoms with van der Waals surface area (Å²) >= 11 is 0. The summed E-state index contributed by atoms with van der Waals surface area (Å²) in [5.41, 5.74) is -0.515. The predicted octanol–water partition coefficient (Wildman–Crippen LogP) is 0.855. The van der Waals surface area contributed by atoms with Crippen molar-refractivity contribution in [3.05, 3.63) is 0 Å². The van der Waals surface area contributed by atoms with Crippen LogP contribution < -0.4 is 10.6 Å². The first kappa shape index (κ1) is 12.2. The molecular weight excluding hydrogens is 168 g/mol. The van der Waals surface area contributed by atoms with Crippen LogP contribution in [0.25, 0.3) is 0 Å². The van der Waals surface area contributed by atoms with Crippen molar-refractivity contribution in [2.75, 3.05) is 6.61 Å². The maximum atomic E-state index is 11.3. The highest BCUT2D eigenvalue weighted by Gasteiger charge is 2.22. The molecule has 0 radical (unpaired) electrons. The van der Waals surface area contributed by atoms with Gasteiger partial charge in [0.05, 0.1) is 12.1 Å². The second-order valence-corrected chi connectivity index (χ2v) is 3.83. The van der Waals surface area contributed by atoms with Crippen molar-refractivity contribution in [2.24, 2.45) is 0 Å². The lowest BCUT2D eigenvalue weighted by atomic mass is 10.0. The molecule has 3 N–H and O–H groups in total. The molecule has 0 spiro atoms. The lowest BCUT2D eigenvalue weighted by molar-refractivity contribution is 0.167. The van der Waals surface area contributed by atoms with E-state index in [0.29, 0.717) is 6.42 Å². The third kappa shape index (κ3) is 4.72. The molecule has 0 rings (SSSR count). The maximum absolute atomic E-state index is 11.3. The minimum Gasteiger partial charge on any atom is -0.394 e. The smallest absolute Gasteiger partial charge is 0.315 e. The molecule has 2 amide bonds. The summed E-state index contributed by atoms with van der Waals surface area (Å²) in [5.74, 6) is 0. The van der Waals surface area contributed by atoms with Crippen LogP contribution in [0.3, 0.4) is 0 Å². The van der Waals surface area contributed by atoms with Gasteiger partial charge in [-0.15, -0.1) is 0 Å². The molecule has 0 saturated heterocycles. The van der Waals surface area contributed by atoms with Gasteiger partial charge in [-0.1, -0.05) is 6.92 Å². The molecule has 1 atom stereocenters. The standard InChI is InChI=1S/C9H20N2O2/c1-5-9(4,6-12)11-8(13)10-7(2)3/h7,12H,5-6H2,1-4H3,(H2,10,11,13). The van der Waals surface area contributed by atoms with E-state index < -0.39 is 5.54 Å². The third-order valence-electron chi connectivity index (χ3n) is 1.96. The topological polar surface area (TPSA) is 61.4 Å². The van der Waals surface area contributed by atoms with Crippen LogP contribution in [-0.2, 0) is 0 Å². The van der Waals surface area contributed by atoms with Crippen molar-refractivity contribution in [1.82, 2.24) is 10.6 Å². The number of amides is 2. The number of nitrogens with one attached hydrogen (secondary N) is 2. The Morgan fingerprint density at radius 2 is 2.08 bits per heavy atom. The van der Waals surface area contributed by atoms with Crippen LogP contribution in [0.15, 0.2) is 0 Å². The largest absolute Gasteiger partial charge is 0.394 e. The van der Waals surface area contributed by atoms with Gasteiger partial charge in [-0.05, 0) is 27.2 Å². The van der Waals surface area contributed by atoms with Crippen LogP contribution in [0.1, 0.15) is 34.1 Å². The first-order valence-electron chi connectivity index (χ1n) is 4.63. The summed E-state index contributed by atoms with van der Waals surface area (Å²) in [7, 11) is 0. The minimum absolute atomic E-state index is 0.0466. The highest BCUT2D eigenvalue weighted by Crippen LogP contribution is 2.06. The van der Waals surface area contributed by atoms with Crippen LogP contribution in [0.2, 0.25) is 0 Å². The first-order chi connectivity index (χ1) is 5.93. The Bertz CT molecular complexity index is 165. The van der Waals surface area contributed by atoms with Gasteiger partial charge in [-0.2, -0.15) is 0 Å². The van der Waals surface area contributed by atoms with E-state index in [0.717, 1.165) is 0 Å². The fraction of sp³-hybridized carbons (Fsp3) is 0.889. The highest BCUT2D eigenvalue weighted by molar-refractivity contribution is 5.75. The van der Waals surface area contributed by atoms with Gasteiger partial charge in [0.15, 0.2) is 0 Å². The van der Waals surface area contributed by atoms with E-state index >= 15 is 0 Å². The molecular formula is C9H20N2O2. The Hall–Kier alpha value is -0.770. The van der Waals surface area contributed by atoms with Crippen molar-refractivity contribution < 1.29 is 9.90 Å². The SMILES string of the molecule is CCC(C)(CO)NC(=O)NC(C)C. The van der Waals surface area contributed by atoms with Crippen molar-refractivity contribution in [1.29, 1.82) is 0 Å². The molecule has 78 valence electrons. The molecule has 0 aromatic carbocycles. The fourth-order valence-electron chi connectivity index (χ4n) is 0.812. The summed E-state index contributed by atoms with van der Waals surface area (Å²) in [4.78, 5) is 11.3. The normalized spacial score (nSPS) is 15.2. The fourth-order valence-corrected chi connectivity index (χ4v) is 0.812. The minimum atomic E-state index is -0.515. The molecule has 0 bridgehead atoms. The summed E-state index contributed by atoms with van der Waals surface area (Å²) in [6, 6.07) is -0.117. The molecule has 0 aliphatic carbocycles. The Kier molecular flexibility index (Phi) is 4.77. The highest BCUT2D eigenvalue weighted by atomic mass is 16.3. The molecule has 13 heavy (non-hydrogen) atoms. The van der Waals surface area contributed by atoms with Crippen LogP contribution >= 0.6 is 0 Å². The van der Waals surface area contributed by atoms with Gasteiger partial charge >= 0.3 is 6.03 Å². The Labute approximate surface area is 79.7 Å². The lowest BCUT2D eigenvalue weighted by Gasteiger charge is -2.27. The Morgan fingerprint density at radius 1 is 1.54 bits per heavy atom. The molecule has 0 saturated carbocycles. The maximum Gasteiger partial charge on any atom is 0.315 e. The molecule has 0 aliphatic heterocycles. The number of rotatable bonds is 4.